The highest BCUT2D eigenvalue weighted by Crippen LogP contribution is 2.49. The predicted molar refractivity (Wildman–Crippen MR) is 249 cm³/mol. The van der Waals surface area contributed by atoms with Crippen molar-refractivity contribution in [2.45, 2.75) is 0 Å². The molecule has 0 bridgehead atoms. The van der Waals surface area contributed by atoms with Gasteiger partial charge in [0.2, 0.25) is 0 Å². The fourth-order valence-corrected chi connectivity index (χ4v) is 10.9. The summed E-state index contributed by atoms with van der Waals surface area (Å²) in [4.78, 5) is 2.47. The van der Waals surface area contributed by atoms with Crippen molar-refractivity contribution in [1.82, 2.24) is 0 Å². The fraction of sp³-hybridized carbons (Fsp3) is 0. The third-order valence-corrected chi connectivity index (χ3v) is 13.5. The zero-order valence-corrected chi connectivity index (χ0v) is 32.6. The largest absolute Gasteiger partial charge is 0.310 e. The summed E-state index contributed by atoms with van der Waals surface area (Å²) in [5.74, 6) is 0. The Balaban J connectivity index is 1.16. The average molecular weight is 762 g/mol. The number of thiophene rings is 2. The lowest BCUT2D eigenvalue weighted by atomic mass is 9.87. The first kappa shape index (κ1) is 33.5. The van der Waals surface area contributed by atoms with E-state index in [0.29, 0.717) is 0 Å². The number of hydrogen-bond donors (Lipinski definition) is 0. The molecule has 0 spiro atoms. The molecule has 0 N–H and O–H groups in total. The summed E-state index contributed by atoms with van der Waals surface area (Å²) in [6.45, 7) is 0. The minimum Gasteiger partial charge on any atom is -0.310 e. The molecular formula is C54H35NS2. The first-order chi connectivity index (χ1) is 28.3. The number of nitrogens with zero attached hydrogens (tertiary/aromatic N) is 1. The van der Waals surface area contributed by atoms with Gasteiger partial charge in [0.25, 0.3) is 0 Å². The standard InChI is InChI=1S/C54H35NS2/c1-3-15-36(16-4-1)41-19-7-8-22-47(41)53-42(37-17-5-2-6-18-37)23-14-26-49(53)55(40-33-34-46-44-20-9-11-27-50(44)56-52(46)35-40)39-31-29-38(30-32-39)43-24-13-25-48-45-21-10-12-28-51(45)57-54(43)48/h1-35H. The van der Waals surface area contributed by atoms with Gasteiger partial charge >= 0.3 is 0 Å². The van der Waals surface area contributed by atoms with E-state index in [4.69, 9.17) is 0 Å². The van der Waals surface area contributed by atoms with Crippen molar-refractivity contribution in [2.24, 2.45) is 0 Å². The monoisotopic (exact) mass is 761 g/mol. The molecule has 1 nitrogen and oxygen atoms in total. The molecule has 3 heteroatoms. The molecule has 0 aliphatic rings. The average Bonchev–Trinajstić information content (AvgIpc) is 3.86. The molecule has 0 atom stereocenters. The number of anilines is 3. The molecule has 57 heavy (non-hydrogen) atoms. The molecule has 9 aromatic carbocycles. The van der Waals surface area contributed by atoms with E-state index < -0.39 is 0 Å². The van der Waals surface area contributed by atoms with Gasteiger partial charge in [-0.25, -0.2) is 0 Å². The highest BCUT2D eigenvalue weighted by molar-refractivity contribution is 7.26. The smallest absolute Gasteiger partial charge is 0.0546 e. The first-order valence-electron chi connectivity index (χ1n) is 19.3. The van der Waals surface area contributed by atoms with E-state index in [1.165, 1.54) is 84.9 Å². The summed E-state index contributed by atoms with van der Waals surface area (Å²) in [6, 6.07) is 77.7. The summed E-state index contributed by atoms with van der Waals surface area (Å²) in [5, 5.41) is 5.23. The van der Waals surface area contributed by atoms with Crippen LogP contribution in [0.15, 0.2) is 212 Å². The van der Waals surface area contributed by atoms with Gasteiger partial charge in [-0.15, -0.1) is 22.7 Å². The van der Waals surface area contributed by atoms with Crippen LogP contribution in [0.1, 0.15) is 0 Å². The van der Waals surface area contributed by atoms with E-state index in [1.807, 2.05) is 22.7 Å². The minimum atomic E-state index is 1.10. The number of rotatable bonds is 7. The van der Waals surface area contributed by atoms with Gasteiger partial charge in [0.05, 0.1) is 5.69 Å². The van der Waals surface area contributed by atoms with Crippen molar-refractivity contribution in [1.29, 1.82) is 0 Å². The SMILES string of the molecule is c1ccc(-c2ccccc2-c2c(-c3ccccc3)cccc2N(c2ccc(-c3cccc4c3sc3ccccc34)cc2)c2ccc3c(c2)sc2ccccc23)cc1. The van der Waals surface area contributed by atoms with Crippen LogP contribution in [0.4, 0.5) is 17.1 Å². The summed E-state index contributed by atoms with van der Waals surface area (Å²) < 4.78 is 5.23. The molecule has 11 rings (SSSR count). The summed E-state index contributed by atoms with van der Waals surface area (Å²) in [6.07, 6.45) is 0. The van der Waals surface area contributed by atoms with Gasteiger partial charge in [0.15, 0.2) is 0 Å². The maximum absolute atomic E-state index is 2.47. The van der Waals surface area contributed by atoms with Crippen molar-refractivity contribution < 1.29 is 0 Å². The Morgan fingerprint density at radius 3 is 1.56 bits per heavy atom. The van der Waals surface area contributed by atoms with Crippen LogP contribution in [0.5, 0.6) is 0 Å². The topological polar surface area (TPSA) is 3.24 Å². The maximum atomic E-state index is 2.47. The molecule has 11 aromatic rings. The van der Waals surface area contributed by atoms with Crippen molar-refractivity contribution >= 4 is 80.1 Å². The van der Waals surface area contributed by atoms with E-state index in [0.717, 1.165) is 17.1 Å². The molecule has 268 valence electrons. The van der Waals surface area contributed by atoms with Crippen molar-refractivity contribution in [2.75, 3.05) is 4.90 Å². The van der Waals surface area contributed by atoms with E-state index in [1.54, 1.807) is 0 Å². The van der Waals surface area contributed by atoms with Crippen LogP contribution in [-0.2, 0) is 0 Å². The van der Waals surface area contributed by atoms with E-state index >= 15 is 0 Å². The Morgan fingerprint density at radius 2 is 0.807 bits per heavy atom. The third-order valence-electron chi connectivity index (χ3n) is 11.1. The van der Waals surface area contributed by atoms with Gasteiger partial charge in [0, 0.05) is 57.3 Å². The van der Waals surface area contributed by atoms with Crippen molar-refractivity contribution in [3.8, 4) is 44.5 Å². The van der Waals surface area contributed by atoms with Crippen LogP contribution >= 0.6 is 22.7 Å². The molecule has 0 aliphatic heterocycles. The lowest BCUT2D eigenvalue weighted by Gasteiger charge is -2.30. The second kappa shape index (κ2) is 14.1. The number of fused-ring (bicyclic) bond motifs is 6. The molecular weight excluding hydrogens is 727 g/mol. The minimum absolute atomic E-state index is 1.10. The Labute approximate surface area is 340 Å². The van der Waals surface area contributed by atoms with Crippen molar-refractivity contribution in [3.63, 3.8) is 0 Å². The zero-order chi connectivity index (χ0) is 37.7. The van der Waals surface area contributed by atoms with Crippen molar-refractivity contribution in [3.05, 3.63) is 212 Å². The van der Waals surface area contributed by atoms with E-state index in [-0.39, 0.29) is 0 Å². The molecule has 0 amide bonds. The summed E-state index contributed by atoms with van der Waals surface area (Å²) in [5.41, 5.74) is 13.0. The van der Waals surface area contributed by atoms with Crippen LogP contribution in [0, 0.1) is 0 Å². The highest BCUT2D eigenvalue weighted by atomic mass is 32.1. The van der Waals surface area contributed by atoms with E-state index in [2.05, 4.69) is 217 Å². The molecule has 0 radical (unpaired) electrons. The summed E-state index contributed by atoms with van der Waals surface area (Å²) in [7, 11) is 0. The second-order valence-electron chi connectivity index (χ2n) is 14.4. The number of benzene rings is 9. The highest BCUT2D eigenvalue weighted by Gasteiger charge is 2.23. The molecule has 0 saturated heterocycles. The Kier molecular flexibility index (Phi) is 8.28. The van der Waals surface area contributed by atoms with Crippen LogP contribution in [0.2, 0.25) is 0 Å². The third kappa shape index (κ3) is 5.83. The molecule has 0 aliphatic carbocycles. The van der Waals surface area contributed by atoms with Gasteiger partial charge < -0.3 is 4.90 Å². The Hall–Kier alpha value is -6.78. The maximum Gasteiger partial charge on any atom is 0.0546 e. The van der Waals surface area contributed by atoms with Gasteiger partial charge in [-0.2, -0.15) is 0 Å². The van der Waals surface area contributed by atoms with Gasteiger partial charge in [-0.1, -0.05) is 170 Å². The molecule has 2 aromatic heterocycles. The van der Waals surface area contributed by atoms with Gasteiger partial charge in [-0.3, -0.25) is 0 Å². The van der Waals surface area contributed by atoms with Crippen LogP contribution in [-0.4, -0.2) is 0 Å². The molecule has 0 saturated carbocycles. The second-order valence-corrected chi connectivity index (χ2v) is 16.6. The Bertz CT molecular complexity index is 3230. The molecule has 2 heterocycles. The Morgan fingerprint density at radius 1 is 0.298 bits per heavy atom. The molecule has 0 unspecified atom stereocenters. The fourth-order valence-electron chi connectivity index (χ4n) is 8.48. The number of hydrogen-bond acceptors (Lipinski definition) is 3. The normalized spacial score (nSPS) is 11.5. The van der Waals surface area contributed by atoms with Gasteiger partial charge in [-0.05, 0) is 81.4 Å². The van der Waals surface area contributed by atoms with Gasteiger partial charge in [0.1, 0.15) is 0 Å². The van der Waals surface area contributed by atoms with Crippen LogP contribution < -0.4 is 4.90 Å². The summed E-state index contributed by atoms with van der Waals surface area (Å²) >= 11 is 3.74. The lowest BCUT2D eigenvalue weighted by Crippen LogP contribution is -2.12. The zero-order valence-electron chi connectivity index (χ0n) is 31.0. The quantitative estimate of drug-likeness (QED) is 0.156. The lowest BCUT2D eigenvalue weighted by molar-refractivity contribution is 1.29. The first-order valence-corrected chi connectivity index (χ1v) is 21.0. The van der Waals surface area contributed by atoms with Crippen LogP contribution in [0.3, 0.4) is 0 Å². The predicted octanol–water partition coefficient (Wildman–Crippen LogP) is 16.6. The molecule has 0 fully saturated rings. The van der Waals surface area contributed by atoms with Crippen LogP contribution in [0.25, 0.3) is 84.9 Å². The van der Waals surface area contributed by atoms with E-state index in [9.17, 15) is 0 Å².